The van der Waals surface area contributed by atoms with Crippen molar-refractivity contribution in [2.24, 2.45) is 5.41 Å². The number of aryl methyl sites for hydroxylation is 1. The molecule has 1 aromatic heterocycles. The van der Waals surface area contributed by atoms with E-state index in [0.717, 1.165) is 35.0 Å². The Labute approximate surface area is 124 Å². The largest absolute Gasteiger partial charge is 0.465 e. The standard InChI is InChI=1S/C18H19NO2/c1-3-15-7-6-14-5-4-13(12-16(14)19-15)8-9-18(2)10-11-21-17(18)20/h4-9,12H,3,10-11H2,1-2H3. The number of carbonyl (C=O) groups is 1. The summed E-state index contributed by atoms with van der Waals surface area (Å²) >= 11 is 0. The van der Waals surface area contributed by atoms with Gasteiger partial charge in [0.05, 0.1) is 17.5 Å². The Morgan fingerprint density at radius 3 is 2.86 bits per heavy atom. The molecule has 21 heavy (non-hydrogen) atoms. The summed E-state index contributed by atoms with van der Waals surface area (Å²) in [4.78, 5) is 16.4. The molecule has 1 atom stereocenters. The van der Waals surface area contributed by atoms with E-state index in [4.69, 9.17) is 4.74 Å². The topological polar surface area (TPSA) is 39.2 Å². The second-order valence-corrected chi connectivity index (χ2v) is 5.75. The predicted octanol–water partition coefficient (Wildman–Crippen LogP) is 3.76. The lowest BCUT2D eigenvalue weighted by atomic mass is 9.88. The number of carbonyl (C=O) groups excluding carboxylic acids is 1. The second kappa shape index (κ2) is 5.32. The van der Waals surface area contributed by atoms with Gasteiger partial charge in [-0.3, -0.25) is 9.78 Å². The van der Waals surface area contributed by atoms with Crippen LogP contribution in [-0.2, 0) is 16.0 Å². The predicted molar refractivity (Wildman–Crippen MR) is 83.8 cm³/mol. The highest BCUT2D eigenvalue weighted by Crippen LogP contribution is 2.31. The fourth-order valence-electron chi connectivity index (χ4n) is 2.53. The van der Waals surface area contributed by atoms with Crippen LogP contribution in [0.25, 0.3) is 17.0 Å². The van der Waals surface area contributed by atoms with E-state index in [0.29, 0.717) is 6.61 Å². The van der Waals surface area contributed by atoms with E-state index < -0.39 is 5.41 Å². The van der Waals surface area contributed by atoms with E-state index in [1.165, 1.54) is 0 Å². The molecule has 2 heterocycles. The number of pyridine rings is 1. The van der Waals surface area contributed by atoms with Gasteiger partial charge in [-0.1, -0.05) is 37.3 Å². The Balaban J connectivity index is 1.92. The smallest absolute Gasteiger partial charge is 0.315 e. The van der Waals surface area contributed by atoms with Crippen LogP contribution >= 0.6 is 0 Å². The quantitative estimate of drug-likeness (QED) is 0.804. The van der Waals surface area contributed by atoms with E-state index in [2.05, 4.69) is 42.2 Å². The maximum absolute atomic E-state index is 11.7. The molecule has 3 rings (SSSR count). The summed E-state index contributed by atoms with van der Waals surface area (Å²) in [5, 5.41) is 1.14. The molecule has 0 spiro atoms. The highest BCUT2D eigenvalue weighted by atomic mass is 16.5. The monoisotopic (exact) mass is 281 g/mol. The molecule has 0 saturated carbocycles. The van der Waals surface area contributed by atoms with E-state index in [1.54, 1.807) is 0 Å². The fraction of sp³-hybridized carbons (Fsp3) is 0.333. The third-order valence-electron chi connectivity index (χ3n) is 4.10. The van der Waals surface area contributed by atoms with Crippen molar-refractivity contribution >= 4 is 22.9 Å². The van der Waals surface area contributed by atoms with Gasteiger partial charge >= 0.3 is 5.97 Å². The number of esters is 1. The molecule has 1 aliphatic rings. The van der Waals surface area contributed by atoms with Gasteiger partial charge in [-0.25, -0.2) is 0 Å². The lowest BCUT2D eigenvalue weighted by Gasteiger charge is -2.12. The molecule has 108 valence electrons. The molecular formula is C18H19NO2. The summed E-state index contributed by atoms with van der Waals surface area (Å²) < 4.78 is 5.05. The Bertz CT molecular complexity index is 720. The number of rotatable bonds is 3. The minimum Gasteiger partial charge on any atom is -0.465 e. The first-order chi connectivity index (χ1) is 10.1. The summed E-state index contributed by atoms with van der Waals surface area (Å²) in [6.45, 7) is 4.54. The molecule has 2 aromatic rings. The van der Waals surface area contributed by atoms with Crippen LogP contribution in [0.15, 0.2) is 36.4 Å². The van der Waals surface area contributed by atoms with Crippen molar-refractivity contribution in [3.63, 3.8) is 0 Å². The number of aromatic nitrogens is 1. The second-order valence-electron chi connectivity index (χ2n) is 5.75. The third kappa shape index (κ3) is 2.68. The van der Waals surface area contributed by atoms with E-state index >= 15 is 0 Å². The summed E-state index contributed by atoms with van der Waals surface area (Å²) in [6, 6.07) is 10.3. The van der Waals surface area contributed by atoms with Gasteiger partial charge in [0.1, 0.15) is 0 Å². The summed E-state index contributed by atoms with van der Waals surface area (Å²) in [5.74, 6) is -0.133. The van der Waals surface area contributed by atoms with Crippen molar-refractivity contribution in [2.45, 2.75) is 26.7 Å². The zero-order valence-electron chi connectivity index (χ0n) is 12.4. The van der Waals surface area contributed by atoms with Crippen molar-refractivity contribution < 1.29 is 9.53 Å². The van der Waals surface area contributed by atoms with Gasteiger partial charge < -0.3 is 4.74 Å². The molecule has 1 unspecified atom stereocenters. The molecule has 3 nitrogen and oxygen atoms in total. The van der Waals surface area contributed by atoms with Crippen LogP contribution in [-0.4, -0.2) is 17.6 Å². The zero-order valence-corrected chi connectivity index (χ0v) is 12.4. The maximum atomic E-state index is 11.7. The molecule has 1 saturated heterocycles. The van der Waals surface area contributed by atoms with Crippen LogP contribution < -0.4 is 0 Å². The normalized spacial score (nSPS) is 22.1. The minimum atomic E-state index is -0.492. The summed E-state index contributed by atoms with van der Waals surface area (Å²) in [7, 11) is 0. The molecule has 0 radical (unpaired) electrons. The molecule has 3 heteroatoms. The van der Waals surface area contributed by atoms with Crippen LogP contribution in [0.1, 0.15) is 31.5 Å². The van der Waals surface area contributed by atoms with Gasteiger partial charge in [0, 0.05) is 17.5 Å². The zero-order chi connectivity index (χ0) is 14.9. The van der Waals surface area contributed by atoms with Crippen LogP contribution in [0, 0.1) is 5.41 Å². The van der Waals surface area contributed by atoms with Crippen LogP contribution in [0.2, 0.25) is 0 Å². The number of fused-ring (bicyclic) bond motifs is 1. The van der Waals surface area contributed by atoms with Crippen molar-refractivity contribution in [3.8, 4) is 0 Å². The molecule has 0 amide bonds. The van der Waals surface area contributed by atoms with Crippen LogP contribution in [0.5, 0.6) is 0 Å². The van der Waals surface area contributed by atoms with Gasteiger partial charge in [0.15, 0.2) is 0 Å². The Morgan fingerprint density at radius 2 is 2.14 bits per heavy atom. The van der Waals surface area contributed by atoms with Crippen molar-refractivity contribution in [2.75, 3.05) is 6.61 Å². The van der Waals surface area contributed by atoms with E-state index in [-0.39, 0.29) is 5.97 Å². The van der Waals surface area contributed by atoms with E-state index in [1.807, 2.05) is 19.1 Å². The molecule has 1 fully saturated rings. The number of benzene rings is 1. The average molecular weight is 281 g/mol. The van der Waals surface area contributed by atoms with Crippen LogP contribution in [0.4, 0.5) is 0 Å². The number of ether oxygens (including phenoxy) is 1. The number of hydrogen-bond donors (Lipinski definition) is 0. The first kappa shape index (κ1) is 13.8. The molecule has 1 aliphatic heterocycles. The molecule has 0 aliphatic carbocycles. The Morgan fingerprint density at radius 1 is 1.33 bits per heavy atom. The molecule has 0 bridgehead atoms. The highest BCUT2D eigenvalue weighted by Gasteiger charge is 2.37. The molecule has 1 aromatic carbocycles. The Hall–Kier alpha value is -2.16. The SMILES string of the molecule is CCc1ccc2ccc(C=CC3(C)CCOC3=O)cc2n1. The van der Waals surface area contributed by atoms with Crippen molar-refractivity contribution in [1.82, 2.24) is 4.98 Å². The number of nitrogens with zero attached hydrogens (tertiary/aromatic N) is 1. The minimum absolute atomic E-state index is 0.133. The molecule has 0 N–H and O–H groups in total. The average Bonchev–Trinajstić information content (AvgIpc) is 2.84. The highest BCUT2D eigenvalue weighted by molar-refractivity contribution is 5.83. The van der Waals surface area contributed by atoms with E-state index in [9.17, 15) is 4.79 Å². The summed E-state index contributed by atoms with van der Waals surface area (Å²) in [6.07, 6.45) is 5.62. The van der Waals surface area contributed by atoms with Gasteiger partial charge in [-0.15, -0.1) is 0 Å². The molecular weight excluding hydrogens is 262 g/mol. The van der Waals surface area contributed by atoms with Crippen molar-refractivity contribution in [1.29, 1.82) is 0 Å². The lowest BCUT2D eigenvalue weighted by molar-refractivity contribution is -0.143. The first-order valence-corrected chi connectivity index (χ1v) is 7.37. The van der Waals surface area contributed by atoms with Crippen LogP contribution in [0.3, 0.4) is 0 Å². The first-order valence-electron chi connectivity index (χ1n) is 7.37. The Kier molecular flexibility index (Phi) is 3.50. The third-order valence-corrected chi connectivity index (χ3v) is 4.10. The van der Waals surface area contributed by atoms with Gasteiger partial charge in [0.25, 0.3) is 0 Å². The maximum Gasteiger partial charge on any atom is 0.315 e. The van der Waals surface area contributed by atoms with Gasteiger partial charge in [-0.05, 0) is 31.0 Å². The van der Waals surface area contributed by atoms with Gasteiger partial charge in [0.2, 0.25) is 0 Å². The fourth-order valence-corrected chi connectivity index (χ4v) is 2.53. The number of hydrogen-bond acceptors (Lipinski definition) is 3. The lowest BCUT2D eigenvalue weighted by Crippen LogP contribution is -2.18. The van der Waals surface area contributed by atoms with Crippen molar-refractivity contribution in [3.05, 3.63) is 47.7 Å². The van der Waals surface area contributed by atoms with Gasteiger partial charge in [-0.2, -0.15) is 0 Å². The number of cyclic esters (lactones) is 1. The summed E-state index contributed by atoms with van der Waals surface area (Å²) in [5.41, 5.74) is 2.66.